The van der Waals surface area contributed by atoms with Crippen molar-refractivity contribution in [2.24, 2.45) is 0 Å². The topological polar surface area (TPSA) is 59.8 Å². The Morgan fingerprint density at radius 1 is 0.966 bits per heavy atom. The maximum atomic E-state index is 12.9. The zero-order valence-corrected chi connectivity index (χ0v) is 16.8. The molecule has 0 saturated carbocycles. The third-order valence-corrected chi connectivity index (χ3v) is 4.86. The van der Waals surface area contributed by atoms with Gasteiger partial charge in [0, 0.05) is 5.56 Å². The highest BCUT2D eigenvalue weighted by molar-refractivity contribution is 6.34. The summed E-state index contributed by atoms with van der Waals surface area (Å²) in [5.74, 6) is 0.260. The molecule has 3 aromatic carbocycles. The smallest absolute Gasteiger partial charge is 0.295 e. The Bertz CT molecular complexity index is 1160. The van der Waals surface area contributed by atoms with Crippen LogP contribution in [0.2, 0.25) is 5.02 Å². The molecule has 1 aromatic heterocycles. The largest absolute Gasteiger partial charge is 0.318 e. The van der Waals surface area contributed by atoms with Crippen molar-refractivity contribution in [1.82, 2.24) is 14.8 Å². The molecule has 5 nitrogen and oxygen atoms in total. The normalized spacial score (nSPS) is 10.7. The molecule has 0 aliphatic heterocycles. The van der Waals surface area contributed by atoms with Crippen molar-refractivity contribution in [2.75, 3.05) is 5.32 Å². The lowest BCUT2D eigenvalue weighted by Gasteiger charge is -2.08. The van der Waals surface area contributed by atoms with Crippen LogP contribution in [0.25, 0.3) is 17.1 Å². The summed E-state index contributed by atoms with van der Waals surface area (Å²) in [4.78, 5) is 17.5. The second-order valence-corrected chi connectivity index (χ2v) is 7.17. The number of carbonyl (C=O) groups is 1. The number of benzene rings is 3. The molecule has 0 saturated heterocycles. The number of halogens is 1. The number of aromatic nitrogens is 3. The van der Waals surface area contributed by atoms with E-state index in [4.69, 9.17) is 11.6 Å². The molecule has 0 aliphatic carbocycles. The van der Waals surface area contributed by atoms with Crippen LogP contribution in [0.5, 0.6) is 0 Å². The molecule has 0 radical (unpaired) electrons. The zero-order chi connectivity index (χ0) is 20.4. The second kappa shape index (κ2) is 7.89. The molecule has 1 heterocycles. The van der Waals surface area contributed by atoms with Crippen LogP contribution in [0.3, 0.4) is 0 Å². The van der Waals surface area contributed by atoms with Crippen molar-refractivity contribution in [3.63, 3.8) is 0 Å². The molecule has 1 N–H and O–H groups in total. The van der Waals surface area contributed by atoms with Gasteiger partial charge in [-0.1, -0.05) is 65.7 Å². The number of nitrogens with zero attached hydrogens (tertiary/aromatic N) is 3. The van der Waals surface area contributed by atoms with Crippen molar-refractivity contribution in [2.45, 2.75) is 13.8 Å². The average Bonchev–Trinajstić information content (AvgIpc) is 3.17. The summed E-state index contributed by atoms with van der Waals surface area (Å²) in [6, 6.07) is 23.0. The van der Waals surface area contributed by atoms with Gasteiger partial charge in [0.1, 0.15) is 0 Å². The van der Waals surface area contributed by atoms with E-state index in [9.17, 15) is 4.79 Å². The summed E-state index contributed by atoms with van der Waals surface area (Å²) in [5.41, 5.74) is 4.24. The summed E-state index contributed by atoms with van der Waals surface area (Å²) in [7, 11) is 0. The van der Waals surface area contributed by atoms with Crippen LogP contribution < -0.4 is 5.32 Å². The van der Waals surface area contributed by atoms with Gasteiger partial charge in [0.25, 0.3) is 5.91 Å². The number of rotatable bonds is 4. The molecule has 4 rings (SSSR count). The summed E-state index contributed by atoms with van der Waals surface area (Å²) < 4.78 is 1.68. The quantitative estimate of drug-likeness (QED) is 0.493. The highest BCUT2D eigenvalue weighted by Crippen LogP contribution is 2.26. The van der Waals surface area contributed by atoms with Crippen molar-refractivity contribution >= 4 is 23.2 Å². The Morgan fingerprint density at radius 2 is 1.72 bits per heavy atom. The van der Waals surface area contributed by atoms with Crippen LogP contribution in [-0.2, 0) is 0 Å². The fourth-order valence-electron chi connectivity index (χ4n) is 3.09. The highest BCUT2D eigenvalue weighted by atomic mass is 35.5. The molecule has 29 heavy (non-hydrogen) atoms. The predicted octanol–water partition coefficient (Wildman–Crippen LogP) is 5.46. The summed E-state index contributed by atoms with van der Waals surface area (Å²) in [6.45, 7) is 3.90. The molecule has 0 fully saturated rings. The van der Waals surface area contributed by atoms with Crippen LogP contribution >= 0.6 is 11.6 Å². The van der Waals surface area contributed by atoms with Crippen molar-refractivity contribution in [1.29, 1.82) is 0 Å². The standard InChI is InChI=1S/C23H19ClN4O/c1-15-8-6-10-17(14-15)22-26-21(27-28(22)18-11-4-3-5-12-18)23(29)25-20-16(2)9-7-13-19(20)24/h3-14H,1-2H3,(H,25,29). The van der Waals surface area contributed by atoms with E-state index in [0.29, 0.717) is 16.5 Å². The first-order valence-electron chi connectivity index (χ1n) is 9.19. The molecule has 4 aromatic rings. The van der Waals surface area contributed by atoms with Gasteiger partial charge in [-0.2, -0.15) is 0 Å². The zero-order valence-electron chi connectivity index (χ0n) is 16.1. The molecule has 0 atom stereocenters. The number of amides is 1. The molecule has 0 spiro atoms. The second-order valence-electron chi connectivity index (χ2n) is 6.76. The van der Waals surface area contributed by atoms with E-state index in [0.717, 1.165) is 22.4 Å². The van der Waals surface area contributed by atoms with Gasteiger partial charge in [0.15, 0.2) is 5.82 Å². The maximum absolute atomic E-state index is 12.9. The molecule has 144 valence electrons. The summed E-state index contributed by atoms with van der Waals surface area (Å²) in [6.07, 6.45) is 0. The van der Waals surface area contributed by atoms with Gasteiger partial charge >= 0.3 is 0 Å². The number of carbonyl (C=O) groups excluding carboxylic acids is 1. The number of anilines is 1. The lowest BCUT2D eigenvalue weighted by Crippen LogP contribution is -2.15. The monoisotopic (exact) mass is 402 g/mol. The average molecular weight is 403 g/mol. The Morgan fingerprint density at radius 3 is 2.45 bits per heavy atom. The molecule has 1 amide bonds. The van der Waals surface area contributed by atoms with E-state index in [1.54, 1.807) is 10.7 Å². The number of para-hydroxylation sites is 2. The predicted molar refractivity (Wildman–Crippen MR) is 116 cm³/mol. The number of hydrogen-bond donors (Lipinski definition) is 1. The van der Waals surface area contributed by atoms with Crippen molar-refractivity contribution in [3.8, 4) is 17.1 Å². The maximum Gasteiger partial charge on any atom is 0.295 e. The van der Waals surface area contributed by atoms with Gasteiger partial charge < -0.3 is 5.32 Å². The number of nitrogens with one attached hydrogen (secondary N) is 1. The minimum absolute atomic E-state index is 0.0738. The lowest BCUT2D eigenvalue weighted by molar-refractivity contribution is 0.101. The molecule has 0 bridgehead atoms. The van der Waals surface area contributed by atoms with Crippen LogP contribution in [-0.4, -0.2) is 20.7 Å². The van der Waals surface area contributed by atoms with E-state index in [-0.39, 0.29) is 5.82 Å². The van der Waals surface area contributed by atoms with Gasteiger partial charge in [0.2, 0.25) is 5.82 Å². The van der Waals surface area contributed by atoms with Crippen molar-refractivity contribution < 1.29 is 4.79 Å². The molecule has 6 heteroatoms. The number of aryl methyl sites for hydroxylation is 2. The van der Waals surface area contributed by atoms with E-state index < -0.39 is 5.91 Å². The van der Waals surface area contributed by atoms with Gasteiger partial charge in [0.05, 0.1) is 16.4 Å². The fourth-order valence-corrected chi connectivity index (χ4v) is 3.36. The Hall–Kier alpha value is -3.44. The van der Waals surface area contributed by atoms with Crippen LogP contribution in [0.15, 0.2) is 72.8 Å². The van der Waals surface area contributed by atoms with E-state index >= 15 is 0 Å². The summed E-state index contributed by atoms with van der Waals surface area (Å²) >= 11 is 6.25. The highest BCUT2D eigenvalue weighted by Gasteiger charge is 2.20. The first-order chi connectivity index (χ1) is 14.0. The van der Waals surface area contributed by atoms with Crippen LogP contribution in [0.1, 0.15) is 21.7 Å². The molecular formula is C23H19ClN4O. The Balaban J connectivity index is 1.78. The van der Waals surface area contributed by atoms with Crippen molar-refractivity contribution in [3.05, 3.63) is 94.8 Å². The Labute approximate surface area is 174 Å². The van der Waals surface area contributed by atoms with E-state index in [1.807, 2.05) is 80.6 Å². The van der Waals surface area contributed by atoms with Crippen LogP contribution in [0, 0.1) is 13.8 Å². The van der Waals surface area contributed by atoms with Gasteiger partial charge in [-0.05, 0) is 43.7 Å². The fraction of sp³-hybridized carbons (Fsp3) is 0.0870. The minimum atomic E-state index is -0.412. The third-order valence-electron chi connectivity index (χ3n) is 4.55. The molecule has 0 unspecified atom stereocenters. The molecule has 0 aliphatic rings. The molecular weight excluding hydrogens is 384 g/mol. The van der Waals surface area contributed by atoms with Gasteiger partial charge in [-0.15, -0.1) is 5.10 Å². The van der Waals surface area contributed by atoms with Crippen LogP contribution in [0.4, 0.5) is 5.69 Å². The van der Waals surface area contributed by atoms with Gasteiger partial charge in [-0.25, -0.2) is 9.67 Å². The van der Waals surface area contributed by atoms with Gasteiger partial charge in [-0.3, -0.25) is 4.79 Å². The first-order valence-corrected chi connectivity index (χ1v) is 9.57. The lowest BCUT2D eigenvalue weighted by atomic mass is 10.1. The SMILES string of the molecule is Cc1cccc(-c2nc(C(=O)Nc3c(C)cccc3Cl)nn2-c2ccccc2)c1. The third kappa shape index (κ3) is 3.91. The number of hydrogen-bond acceptors (Lipinski definition) is 3. The first kappa shape index (κ1) is 18.9. The minimum Gasteiger partial charge on any atom is -0.318 e. The van der Waals surface area contributed by atoms with E-state index in [2.05, 4.69) is 15.4 Å². The summed E-state index contributed by atoms with van der Waals surface area (Å²) in [5, 5.41) is 7.80. The Kier molecular flexibility index (Phi) is 5.14. The van der Waals surface area contributed by atoms with E-state index in [1.165, 1.54) is 0 Å².